The van der Waals surface area contributed by atoms with Crippen molar-refractivity contribution in [3.8, 4) is 11.6 Å². The van der Waals surface area contributed by atoms with E-state index in [0.717, 1.165) is 6.42 Å². The van der Waals surface area contributed by atoms with E-state index in [1.165, 1.54) is 0 Å². The number of hydrogen-bond acceptors (Lipinski definition) is 6. The van der Waals surface area contributed by atoms with Crippen LogP contribution in [0.4, 0.5) is 5.82 Å². The number of nitrogens with two attached hydrogens (primary N) is 1. The second-order valence-corrected chi connectivity index (χ2v) is 3.27. The van der Waals surface area contributed by atoms with Gasteiger partial charge in [-0.15, -0.1) is 0 Å². The number of hydrogen-bond donors (Lipinski definition) is 2. The monoisotopic (exact) mass is 223 g/mol. The maximum absolute atomic E-state index is 5.46. The largest absolute Gasteiger partial charge is 0.382 e. The molecule has 16 heavy (non-hydrogen) atoms. The zero-order valence-corrected chi connectivity index (χ0v) is 8.93. The SMILES string of the molecule is CCCOCc1noc(-c2cc(N)n[nH]2)n1. The van der Waals surface area contributed by atoms with Gasteiger partial charge in [-0.05, 0) is 6.42 Å². The van der Waals surface area contributed by atoms with Crippen molar-refractivity contribution >= 4 is 5.82 Å². The van der Waals surface area contributed by atoms with Crippen LogP contribution in [-0.2, 0) is 11.3 Å². The third-order valence-electron chi connectivity index (χ3n) is 1.88. The number of nitrogens with one attached hydrogen (secondary N) is 1. The summed E-state index contributed by atoms with van der Waals surface area (Å²) in [7, 11) is 0. The molecule has 7 nitrogen and oxygen atoms in total. The average Bonchev–Trinajstić information content (AvgIpc) is 2.87. The summed E-state index contributed by atoms with van der Waals surface area (Å²) >= 11 is 0. The first-order chi connectivity index (χ1) is 7.79. The fourth-order valence-electron chi connectivity index (χ4n) is 1.18. The predicted octanol–water partition coefficient (Wildman–Crippen LogP) is 0.968. The number of rotatable bonds is 5. The van der Waals surface area contributed by atoms with Crippen molar-refractivity contribution in [1.29, 1.82) is 0 Å². The Morgan fingerprint density at radius 3 is 3.12 bits per heavy atom. The predicted molar refractivity (Wildman–Crippen MR) is 56.2 cm³/mol. The molecule has 0 unspecified atom stereocenters. The minimum absolute atomic E-state index is 0.348. The van der Waals surface area contributed by atoms with Crippen LogP contribution in [0.15, 0.2) is 10.6 Å². The van der Waals surface area contributed by atoms with Crippen molar-refractivity contribution in [2.75, 3.05) is 12.3 Å². The molecular weight excluding hydrogens is 210 g/mol. The molecule has 0 aliphatic heterocycles. The van der Waals surface area contributed by atoms with Crippen LogP contribution in [0, 0.1) is 0 Å². The summed E-state index contributed by atoms with van der Waals surface area (Å²) in [4.78, 5) is 4.14. The van der Waals surface area contributed by atoms with E-state index in [2.05, 4.69) is 20.3 Å². The number of aromatic amines is 1. The van der Waals surface area contributed by atoms with Crippen molar-refractivity contribution in [1.82, 2.24) is 20.3 Å². The third kappa shape index (κ3) is 2.37. The standard InChI is InChI=1S/C9H13N5O2/c1-2-3-15-5-8-11-9(16-14-8)6-4-7(10)13-12-6/h4H,2-3,5H2,1H3,(H3,10,12,13). The molecule has 0 spiro atoms. The first-order valence-corrected chi connectivity index (χ1v) is 5.01. The minimum atomic E-state index is 0.348. The second kappa shape index (κ2) is 4.75. The van der Waals surface area contributed by atoms with Gasteiger partial charge in [0.2, 0.25) is 0 Å². The lowest BCUT2D eigenvalue weighted by atomic mass is 10.4. The van der Waals surface area contributed by atoms with Gasteiger partial charge in [0, 0.05) is 12.7 Å². The van der Waals surface area contributed by atoms with Crippen LogP contribution >= 0.6 is 0 Å². The van der Waals surface area contributed by atoms with Crippen LogP contribution in [0.25, 0.3) is 11.6 Å². The summed E-state index contributed by atoms with van der Waals surface area (Å²) < 4.78 is 10.3. The molecule has 2 rings (SSSR count). The van der Waals surface area contributed by atoms with E-state index in [9.17, 15) is 0 Å². The summed E-state index contributed by atoms with van der Waals surface area (Å²) in [5.41, 5.74) is 6.07. The number of nitrogens with zero attached hydrogens (tertiary/aromatic N) is 3. The molecule has 0 bridgehead atoms. The Morgan fingerprint density at radius 2 is 2.44 bits per heavy atom. The van der Waals surface area contributed by atoms with Gasteiger partial charge >= 0.3 is 0 Å². The van der Waals surface area contributed by atoms with Crippen molar-refractivity contribution in [2.45, 2.75) is 20.0 Å². The number of nitrogen functional groups attached to an aromatic ring is 1. The lowest BCUT2D eigenvalue weighted by molar-refractivity contribution is 0.114. The fourth-order valence-corrected chi connectivity index (χ4v) is 1.18. The molecule has 2 aromatic rings. The highest BCUT2D eigenvalue weighted by molar-refractivity contribution is 5.51. The van der Waals surface area contributed by atoms with E-state index in [0.29, 0.717) is 36.4 Å². The average molecular weight is 223 g/mol. The Kier molecular flexibility index (Phi) is 3.16. The Morgan fingerprint density at radius 1 is 1.56 bits per heavy atom. The summed E-state index contributed by atoms with van der Waals surface area (Å²) in [6.45, 7) is 3.07. The molecule has 2 aromatic heterocycles. The first kappa shape index (κ1) is 10.6. The van der Waals surface area contributed by atoms with Gasteiger partial charge in [-0.1, -0.05) is 12.1 Å². The first-order valence-electron chi connectivity index (χ1n) is 5.01. The Bertz CT molecular complexity index is 450. The van der Waals surface area contributed by atoms with Crippen molar-refractivity contribution < 1.29 is 9.26 Å². The second-order valence-electron chi connectivity index (χ2n) is 3.27. The molecule has 0 aromatic carbocycles. The van der Waals surface area contributed by atoms with Gasteiger partial charge in [-0.2, -0.15) is 10.1 Å². The highest BCUT2D eigenvalue weighted by Gasteiger charge is 2.10. The summed E-state index contributed by atoms with van der Waals surface area (Å²) in [5.74, 6) is 1.26. The smallest absolute Gasteiger partial charge is 0.276 e. The number of H-pyrrole nitrogens is 1. The fraction of sp³-hybridized carbons (Fsp3) is 0.444. The maximum Gasteiger partial charge on any atom is 0.276 e. The van der Waals surface area contributed by atoms with Crippen molar-refractivity contribution in [3.63, 3.8) is 0 Å². The normalized spacial score (nSPS) is 10.8. The molecule has 0 fully saturated rings. The summed E-state index contributed by atoms with van der Waals surface area (Å²) in [5, 5.41) is 10.2. The third-order valence-corrected chi connectivity index (χ3v) is 1.88. The molecule has 2 heterocycles. The quantitative estimate of drug-likeness (QED) is 0.732. The van der Waals surface area contributed by atoms with Crippen molar-refractivity contribution in [3.05, 3.63) is 11.9 Å². The lowest BCUT2D eigenvalue weighted by Gasteiger charge is -1.95. The van der Waals surface area contributed by atoms with Gasteiger partial charge in [0.15, 0.2) is 5.82 Å². The van der Waals surface area contributed by atoms with Crippen LogP contribution in [0.3, 0.4) is 0 Å². The Labute approximate surface area is 92.0 Å². The summed E-state index contributed by atoms with van der Waals surface area (Å²) in [6, 6.07) is 1.63. The molecule has 0 amide bonds. The molecule has 86 valence electrons. The van der Waals surface area contributed by atoms with Gasteiger partial charge in [0.1, 0.15) is 18.1 Å². The Hall–Kier alpha value is -1.89. The van der Waals surface area contributed by atoms with Crippen molar-refractivity contribution in [2.24, 2.45) is 0 Å². The van der Waals surface area contributed by atoms with Crippen LogP contribution < -0.4 is 5.73 Å². The van der Waals surface area contributed by atoms with E-state index in [-0.39, 0.29) is 0 Å². The lowest BCUT2D eigenvalue weighted by Crippen LogP contribution is -1.95. The number of aromatic nitrogens is 4. The minimum Gasteiger partial charge on any atom is -0.382 e. The molecule has 0 saturated carbocycles. The molecular formula is C9H13N5O2. The molecule has 0 radical (unpaired) electrons. The zero-order chi connectivity index (χ0) is 11.4. The number of ether oxygens (including phenoxy) is 1. The van der Waals surface area contributed by atoms with E-state index in [4.69, 9.17) is 15.0 Å². The Balaban J connectivity index is 2.02. The topological polar surface area (TPSA) is 103 Å². The number of anilines is 1. The van der Waals surface area contributed by atoms with E-state index < -0.39 is 0 Å². The van der Waals surface area contributed by atoms with Gasteiger partial charge in [0.25, 0.3) is 5.89 Å². The molecule has 0 aliphatic carbocycles. The van der Waals surface area contributed by atoms with E-state index >= 15 is 0 Å². The molecule has 0 atom stereocenters. The van der Waals surface area contributed by atoms with Crippen LogP contribution in [0.5, 0.6) is 0 Å². The zero-order valence-electron chi connectivity index (χ0n) is 8.93. The van der Waals surface area contributed by atoms with E-state index in [1.807, 2.05) is 6.92 Å². The van der Waals surface area contributed by atoms with Gasteiger partial charge in [-0.25, -0.2) is 0 Å². The summed E-state index contributed by atoms with van der Waals surface area (Å²) in [6.07, 6.45) is 0.960. The van der Waals surface area contributed by atoms with Gasteiger partial charge in [0.05, 0.1) is 0 Å². The highest BCUT2D eigenvalue weighted by atomic mass is 16.5. The maximum atomic E-state index is 5.46. The van der Waals surface area contributed by atoms with Gasteiger partial charge in [-0.3, -0.25) is 5.10 Å². The molecule has 7 heteroatoms. The van der Waals surface area contributed by atoms with Crippen LogP contribution in [0.2, 0.25) is 0 Å². The van der Waals surface area contributed by atoms with Crippen LogP contribution in [-0.4, -0.2) is 26.9 Å². The van der Waals surface area contributed by atoms with E-state index in [1.54, 1.807) is 6.07 Å². The molecule has 0 aliphatic rings. The van der Waals surface area contributed by atoms with Gasteiger partial charge < -0.3 is 15.0 Å². The molecule has 3 N–H and O–H groups in total. The highest BCUT2D eigenvalue weighted by Crippen LogP contribution is 2.16. The van der Waals surface area contributed by atoms with Crippen LogP contribution in [0.1, 0.15) is 19.2 Å². The molecule has 0 saturated heterocycles.